The molecule has 0 unspecified atom stereocenters. The number of aromatic nitrogens is 2. The van der Waals surface area contributed by atoms with Gasteiger partial charge in [0.05, 0.1) is 22.2 Å². The number of hydrogen-bond donors (Lipinski definition) is 2. The second kappa shape index (κ2) is 6.26. The molecule has 0 bridgehead atoms. The van der Waals surface area contributed by atoms with Crippen molar-refractivity contribution in [1.82, 2.24) is 14.9 Å². The van der Waals surface area contributed by atoms with Crippen molar-refractivity contribution in [3.63, 3.8) is 0 Å². The van der Waals surface area contributed by atoms with Crippen LogP contribution in [0.3, 0.4) is 0 Å². The fourth-order valence-corrected chi connectivity index (χ4v) is 3.51. The molecule has 0 saturated heterocycles. The predicted molar refractivity (Wildman–Crippen MR) is 99.3 cm³/mol. The van der Waals surface area contributed by atoms with E-state index in [-0.39, 0.29) is 16.9 Å². The third-order valence-electron chi connectivity index (χ3n) is 4.63. The third kappa shape index (κ3) is 2.89. The summed E-state index contributed by atoms with van der Waals surface area (Å²) >= 11 is 5.99. The van der Waals surface area contributed by atoms with Gasteiger partial charge in [-0.2, -0.15) is 0 Å². The van der Waals surface area contributed by atoms with Crippen LogP contribution in [0.25, 0.3) is 11.0 Å². The van der Waals surface area contributed by atoms with Crippen molar-refractivity contribution >= 4 is 28.5 Å². The topological polar surface area (TPSA) is 105 Å². The number of aryl methyl sites for hydroxylation is 1. The van der Waals surface area contributed by atoms with Gasteiger partial charge in [0.2, 0.25) is 0 Å². The van der Waals surface area contributed by atoms with Crippen molar-refractivity contribution in [3.8, 4) is 0 Å². The van der Waals surface area contributed by atoms with Crippen molar-refractivity contribution in [1.29, 1.82) is 0 Å². The molecule has 0 amide bonds. The zero-order chi connectivity index (χ0) is 18.4. The smallest absolute Gasteiger partial charge is 0.255 e. The molecule has 0 atom stereocenters. The van der Waals surface area contributed by atoms with Gasteiger partial charge in [0.15, 0.2) is 11.3 Å². The molecule has 1 aliphatic heterocycles. The van der Waals surface area contributed by atoms with E-state index in [1.165, 1.54) is 0 Å². The van der Waals surface area contributed by atoms with Gasteiger partial charge in [-0.05, 0) is 25.1 Å². The highest BCUT2D eigenvalue weighted by molar-refractivity contribution is 6.31. The minimum Gasteiger partial charge on any atom is -0.440 e. The molecule has 3 aromatic rings. The molecule has 7 nitrogen and oxygen atoms in total. The van der Waals surface area contributed by atoms with E-state index in [0.29, 0.717) is 59.0 Å². The lowest BCUT2D eigenvalue weighted by molar-refractivity contribution is 0.240. The maximum Gasteiger partial charge on any atom is 0.255 e. The fourth-order valence-electron chi connectivity index (χ4n) is 3.34. The first-order valence-electron chi connectivity index (χ1n) is 8.24. The van der Waals surface area contributed by atoms with Gasteiger partial charge in [0, 0.05) is 31.1 Å². The lowest BCUT2D eigenvalue weighted by Gasteiger charge is -2.27. The first-order valence-corrected chi connectivity index (χ1v) is 8.62. The van der Waals surface area contributed by atoms with Crippen LogP contribution in [0.5, 0.6) is 0 Å². The van der Waals surface area contributed by atoms with Crippen molar-refractivity contribution in [2.75, 3.05) is 12.3 Å². The standard InChI is InChI=1S/C18H17ClN4O3/c1-9-21-14-4-5-23(7-12(14)18(25)22-9)8-13-16(24)11-6-10(19)2-3-15(11)26-17(13)20/h2-3,6H,4-5,7-8,20H2,1H3,(H,21,22,25). The normalized spacial score (nSPS) is 14.5. The van der Waals surface area contributed by atoms with Gasteiger partial charge in [-0.1, -0.05) is 11.6 Å². The molecule has 1 aliphatic rings. The molecule has 134 valence electrons. The van der Waals surface area contributed by atoms with Crippen molar-refractivity contribution in [2.45, 2.75) is 26.4 Å². The molecule has 0 radical (unpaired) electrons. The molecule has 0 fully saturated rings. The monoisotopic (exact) mass is 372 g/mol. The lowest BCUT2D eigenvalue weighted by Crippen LogP contribution is -2.36. The zero-order valence-corrected chi connectivity index (χ0v) is 14.9. The van der Waals surface area contributed by atoms with Gasteiger partial charge in [0.25, 0.3) is 5.56 Å². The van der Waals surface area contributed by atoms with Crippen LogP contribution >= 0.6 is 11.6 Å². The Kier molecular flexibility index (Phi) is 4.05. The number of halogens is 1. The molecule has 0 spiro atoms. The van der Waals surface area contributed by atoms with E-state index in [0.717, 1.165) is 5.69 Å². The molecule has 3 N–H and O–H groups in total. The highest BCUT2D eigenvalue weighted by Gasteiger charge is 2.23. The average Bonchev–Trinajstić information content (AvgIpc) is 2.60. The number of aromatic amines is 1. The van der Waals surface area contributed by atoms with E-state index < -0.39 is 0 Å². The van der Waals surface area contributed by atoms with Crippen LogP contribution in [0, 0.1) is 6.92 Å². The summed E-state index contributed by atoms with van der Waals surface area (Å²) in [5.41, 5.74) is 7.87. The predicted octanol–water partition coefficient (Wildman–Crippen LogP) is 1.98. The quantitative estimate of drug-likeness (QED) is 0.712. The van der Waals surface area contributed by atoms with Crippen LogP contribution in [-0.2, 0) is 19.5 Å². The van der Waals surface area contributed by atoms with E-state index in [9.17, 15) is 9.59 Å². The number of benzene rings is 1. The molecule has 0 saturated carbocycles. The number of rotatable bonds is 2. The van der Waals surface area contributed by atoms with Crippen LogP contribution in [-0.4, -0.2) is 21.4 Å². The second-order valence-corrected chi connectivity index (χ2v) is 6.89. The van der Waals surface area contributed by atoms with Crippen molar-refractivity contribution in [3.05, 3.63) is 66.4 Å². The summed E-state index contributed by atoms with van der Waals surface area (Å²) in [5.74, 6) is 0.699. The Hall–Kier alpha value is -2.64. The number of nitrogens with one attached hydrogen (secondary N) is 1. The maximum absolute atomic E-state index is 12.8. The maximum atomic E-state index is 12.8. The SMILES string of the molecule is Cc1nc2c(c(=O)[nH]1)CN(Cc1c(N)oc3ccc(Cl)cc3c1=O)CC2. The van der Waals surface area contributed by atoms with Crippen molar-refractivity contribution < 1.29 is 4.42 Å². The summed E-state index contributed by atoms with van der Waals surface area (Å²) in [6.07, 6.45) is 0.644. The molecule has 1 aromatic carbocycles. The number of hydrogen-bond acceptors (Lipinski definition) is 6. The number of nitrogens with zero attached hydrogens (tertiary/aromatic N) is 2. The number of H-pyrrole nitrogens is 1. The summed E-state index contributed by atoms with van der Waals surface area (Å²) in [5, 5.41) is 0.856. The summed E-state index contributed by atoms with van der Waals surface area (Å²) in [6, 6.07) is 4.85. The zero-order valence-electron chi connectivity index (χ0n) is 14.1. The molecular weight excluding hydrogens is 356 g/mol. The first-order chi connectivity index (χ1) is 12.4. The van der Waals surface area contributed by atoms with Gasteiger partial charge in [0.1, 0.15) is 11.4 Å². The molecule has 3 heterocycles. The lowest BCUT2D eigenvalue weighted by atomic mass is 10.1. The van der Waals surface area contributed by atoms with Gasteiger partial charge in [-0.25, -0.2) is 4.98 Å². The minimum absolute atomic E-state index is 0.0894. The molecule has 26 heavy (non-hydrogen) atoms. The Balaban J connectivity index is 1.70. The summed E-state index contributed by atoms with van der Waals surface area (Å²) < 4.78 is 5.59. The number of nitrogens with two attached hydrogens (primary N) is 1. The van der Waals surface area contributed by atoms with Crippen LogP contribution in [0.2, 0.25) is 5.02 Å². The molecule has 0 aliphatic carbocycles. The van der Waals surface area contributed by atoms with Crippen LogP contribution in [0.15, 0.2) is 32.2 Å². The van der Waals surface area contributed by atoms with Gasteiger partial charge >= 0.3 is 0 Å². The summed E-state index contributed by atoms with van der Waals surface area (Å²) in [7, 11) is 0. The van der Waals surface area contributed by atoms with Crippen molar-refractivity contribution in [2.24, 2.45) is 0 Å². The van der Waals surface area contributed by atoms with Crippen LogP contribution in [0.4, 0.5) is 5.88 Å². The molecule has 4 rings (SSSR count). The molecular formula is C18H17ClN4O3. The van der Waals surface area contributed by atoms with Gasteiger partial charge in [-0.15, -0.1) is 0 Å². The fraction of sp³-hybridized carbons (Fsp3) is 0.278. The van der Waals surface area contributed by atoms with Gasteiger partial charge in [-0.3, -0.25) is 14.5 Å². The summed E-state index contributed by atoms with van der Waals surface area (Å²) in [4.78, 5) is 34.1. The van der Waals surface area contributed by atoms with E-state index in [1.807, 2.05) is 4.90 Å². The number of fused-ring (bicyclic) bond motifs is 2. The highest BCUT2D eigenvalue weighted by atomic mass is 35.5. The Bertz CT molecular complexity index is 1140. The van der Waals surface area contributed by atoms with Crippen LogP contribution < -0.4 is 16.7 Å². The second-order valence-electron chi connectivity index (χ2n) is 6.45. The average molecular weight is 373 g/mol. The Labute approximate surface area is 153 Å². The number of nitrogen functional groups attached to an aromatic ring is 1. The van der Waals surface area contributed by atoms with Gasteiger partial charge < -0.3 is 15.1 Å². The van der Waals surface area contributed by atoms with Crippen LogP contribution in [0.1, 0.15) is 22.6 Å². The Morgan fingerprint density at radius 3 is 3.00 bits per heavy atom. The largest absolute Gasteiger partial charge is 0.440 e. The van der Waals surface area contributed by atoms with E-state index in [2.05, 4.69) is 9.97 Å². The Morgan fingerprint density at radius 2 is 2.19 bits per heavy atom. The third-order valence-corrected chi connectivity index (χ3v) is 4.86. The van der Waals surface area contributed by atoms with E-state index >= 15 is 0 Å². The highest BCUT2D eigenvalue weighted by Crippen LogP contribution is 2.23. The summed E-state index contributed by atoms with van der Waals surface area (Å²) in [6.45, 7) is 3.14. The molecule has 2 aromatic heterocycles. The Morgan fingerprint density at radius 1 is 1.38 bits per heavy atom. The molecule has 8 heteroatoms. The van der Waals surface area contributed by atoms with E-state index in [1.54, 1.807) is 25.1 Å². The first kappa shape index (κ1) is 16.8. The minimum atomic E-state index is -0.201. The van der Waals surface area contributed by atoms with E-state index in [4.69, 9.17) is 21.8 Å². The number of anilines is 1.